The summed E-state index contributed by atoms with van der Waals surface area (Å²) in [6.07, 6.45) is 4.09. The van der Waals surface area contributed by atoms with Gasteiger partial charge in [-0.25, -0.2) is 9.07 Å². The molecular formula is C12H12BrFN4. The van der Waals surface area contributed by atoms with E-state index in [1.807, 2.05) is 0 Å². The van der Waals surface area contributed by atoms with E-state index in [0.717, 1.165) is 5.69 Å². The van der Waals surface area contributed by atoms with Crippen molar-refractivity contribution in [3.8, 4) is 5.69 Å². The van der Waals surface area contributed by atoms with E-state index in [-0.39, 0.29) is 5.82 Å². The number of halogens is 2. The molecule has 2 aromatic rings. The maximum absolute atomic E-state index is 13.9. The van der Waals surface area contributed by atoms with Gasteiger partial charge in [0.1, 0.15) is 11.5 Å². The smallest absolute Gasteiger partial charge is 0.150 e. The van der Waals surface area contributed by atoms with Gasteiger partial charge in [0.2, 0.25) is 0 Å². The molecule has 1 aliphatic carbocycles. The monoisotopic (exact) mass is 310 g/mol. The summed E-state index contributed by atoms with van der Waals surface area (Å²) in [5.74, 6) is -0.317. The molecule has 3 rings (SSSR count). The first-order valence-corrected chi connectivity index (χ1v) is 6.62. The highest BCUT2D eigenvalue weighted by Crippen LogP contribution is 2.25. The first kappa shape index (κ1) is 11.8. The molecule has 1 aromatic carbocycles. The van der Waals surface area contributed by atoms with Crippen molar-refractivity contribution in [1.82, 2.24) is 20.3 Å². The second-order valence-electron chi connectivity index (χ2n) is 4.36. The number of nitrogens with one attached hydrogen (secondary N) is 1. The average Bonchev–Trinajstić information content (AvgIpc) is 3.06. The molecule has 1 aromatic heterocycles. The molecule has 0 spiro atoms. The number of nitrogens with zero attached hydrogens (tertiary/aromatic N) is 3. The number of hydrogen-bond donors (Lipinski definition) is 1. The molecule has 0 bridgehead atoms. The summed E-state index contributed by atoms with van der Waals surface area (Å²) in [5.41, 5.74) is 1.26. The SMILES string of the molecule is Fc1cccc(Br)c1-n1nncc1CNC1CC1. The van der Waals surface area contributed by atoms with Gasteiger partial charge in [0.25, 0.3) is 0 Å². The number of hydrogen-bond acceptors (Lipinski definition) is 3. The Morgan fingerprint density at radius 1 is 1.44 bits per heavy atom. The third-order valence-corrected chi connectivity index (χ3v) is 3.56. The van der Waals surface area contributed by atoms with Gasteiger partial charge in [-0.1, -0.05) is 11.3 Å². The standard InChI is InChI=1S/C12H12BrFN4/c13-10-2-1-3-11(14)12(10)18-9(7-16-17-18)6-15-8-4-5-8/h1-3,7-8,15H,4-6H2. The molecule has 6 heteroatoms. The second-order valence-corrected chi connectivity index (χ2v) is 5.22. The fraction of sp³-hybridized carbons (Fsp3) is 0.333. The topological polar surface area (TPSA) is 42.7 Å². The lowest BCUT2D eigenvalue weighted by atomic mass is 10.3. The molecule has 1 saturated carbocycles. The Bertz CT molecular complexity index is 545. The van der Waals surface area contributed by atoms with Gasteiger partial charge in [-0.3, -0.25) is 0 Å². The van der Waals surface area contributed by atoms with Gasteiger partial charge in [-0.15, -0.1) is 5.10 Å². The van der Waals surface area contributed by atoms with Gasteiger partial charge < -0.3 is 5.32 Å². The highest BCUT2D eigenvalue weighted by atomic mass is 79.9. The van der Waals surface area contributed by atoms with Crippen LogP contribution in [-0.2, 0) is 6.54 Å². The Labute approximate surface area is 112 Å². The zero-order valence-corrected chi connectivity index (χ0v) is 11.2. The molecule has 94 valence electrons. The molecule has 1 aliphatic rings. The van der Waals surface area contributed by atoms with E-state index in [1.165, 1.54) is 23.6 Å². The van der Waals surface area contributed by atoms with Crippen molar-refractivity contribution in [2.24, 2.45) is 0 Å². The number of rotatable bonds is 4. The van der Waals surface area contributed by atoms with Crippen molar-refractivity contribution in [1.29, 1.82) is 0 Å². The third-order valence-electron chi connectivity index (χ3n) is 2.92. The summed E-state index contributed by atoms with van der Waals surface area (Å²) < 4.78 is 16.1. The zero-order chi connectivity index (χ0) is 12.5. The van der Waals surface area contributed by atoms with Crippen molar-refractivity contribution in [3.63, 3.8) is 0 Å². The molecular weight excluding hydrogens is 299 g/mol. The lowest BCUT2D eigenvalue weighted by molar-refractivity contribution is 0.591. The zero-order valence-electron chi connectivity index (χ0n) is 9.61. The van der Waals surface area contributed by atoms with Crippen LogP contribution in [0.5, 0.6) is 0 Å². The summed E-state index contributed by atoms with van der Waals surface area (Å²) in [6, 6.07) is 5.46. The summed E-state index contributed by atoms with van der Waals surface area (Å²) in [5, 5.41) is 11.2. The Morgan fingerprint density at radius 2 is 2.28 bits per heavy atom. The van der Waals surface area contributed by atoms with Crippen LogP contribution in [0, 0.1) is 5.82 Å². The molecule has 1 fully saturated rings. The number of para-hydroxylation sites is 1. The predicted molar refractivity (Wildman–Crippen MR) is 68.9 cm³/mol. The lowest BCUT2D eigenvalue weighted by Crippen LogP contribution is -2.18. The van der Waals surface area contributed by atoms with E-state index in [2.05, 4.69) is 31.6 Å². The minimum atomic E-state index is -0.317. The fourth-order valence-corrected chi connectivity index (χ4v) is 2.30. The molecule has 0 aliphatic heterocycles. The first-order valence-electron chi connectivity index (χ1n) is 5.83. The van der Waals surface area contributed by atoms with Crippen molar-refractivity contribution in [3.05, 3.63) is 40.4 Å². The van der Waals surface area contributed by atoms with Crippen LogP contribution in [0.2, 0.25) is 0 Å². The Balaban J connectivity index is 1.93. The van der Waals surface area contributed by atoms with Crippen molar-refractivity contribution >= 4 is 15.9 Å². The minimum Gasteiger partial charge on any atom is -0.308 e. The highest BCUT2D eigenvalue weighted by Gasteiger charge is 2.21. The largest absolute Gasteiger partial charge is 0.308 e. The summed E-state index contributed by atoms with van der Waals surface area (Å²) in [7, 11) is 0. The van der Waals surface area contributed by atoms with Gasteiger partial charge >= 0.3 is 0 Å². The van der Waals surface area contributed by atoms with E-state index in [4.69, 9.17) is 0 Å². The van der Waals surface area contributed by atoms with Gasteiger partial charge in [0, 0.05) is 17.1 Å². The Morgan fingerprint density at radius 3 is 3.00 bits per heavy atom. The molecule has 0 unspecified atom stereocenters. The molecule has 0 atom stereocenters. The third kappa shape index (κ3) is 2.30. The normalized spacial score (nSPS) is 15.0. The first-order chi connectivity index (χ1) is 8.75. The maximum atomic E-state index is 13.9. The van der Waals surface area contributed by atoms with Gasteiger partial charge in [0.05, 0.1) is 11.9 Å². The summed E-state index contributed by atoms with van der Waals surface area (Å²) >= 11 is 3.35. The van der Waals surface area contributed by atoms with E-state index in [9.17, 15) is 4.39 Å². The van der Waals surface area contributed by atoms with Crippen LogP contribution in [0.15, 0.2) is 28.9 Å². The second kappa shape index (κ2) is 4.78. The van der Waals surface area contributed by atoms with Gasteiger partial charge in [0.15, 0.2) is 0 Å². The fourth-order valence-electron chi connectivity index (χ4n) is 1.79. The molecule has 0 amide bonds. The lowest BCUT2D eigenvalue weighted by Gasteiger charge is -2.09. The van der Waals surface area contributed by atoms with Crippen LogP contribution in [0.4, 0.5) is 4.39 Å². The van der Waals surface area contributed by atoms with Crippen LogP contribution in [0.3, 0.4) is 0 Å². The van der Waals surface area contributed by atoms with Gasteiger partial charge in [-0.2, -0.15) is 0 Å². The van der Waals surface area contributed by atoms with Crippen LogP contribution < -0.4 is 5.32 Å². The predicted octanol–water partition coefficient (Wildman–Crippen LogP) is 2.42. The average molecular weight is 311 g/mol. The summed E-state index contributed by atoms with van der Waals surface area (Å²) in [6.45, 7) is 0.651. The van der Waals surface area contributed by atoms with Crippen LogP contribution >= 0.6 is 15.9 Å². The molecule has 1 N–H and O–H groups in total. The van der Waals surface area contributed by atoms with E-state index in [1.54, 1.807) is 18.3 Å². The van der Waals surface area contributed by atoms with Crippen LogP contribution in [0.25, 0.3) is 5.69 Å². The van der Waals surface area contributed by atoms with Crippen molar-refractivity contribution < 1.29 is 4.39 Å². The molecule has 18 heavy (non-hydrogen) atoms. The van der Waals surface area contributed by atoms with Crippen LogP contribution in [0.1, 0.15) is 18.5 Å². The van der Waals surface area contributed by atoms with Crippen molar-refractivity contribution in [2.45, 2.75) is 25.4 Å². The van der Waals surface area contributed by atoms with E-state index < -0.39 is 0 Å². The van der Waals surface area contributed by atoms with Crippen LogP contribution in [-0.4, -0.2) is 21.0 Å². The number of benzene rings is 1. The summed E-state index contributed by atoms with van der Waals surface area (Å²) in [4.78, 5) is 0. The highest BCUT2D eigenvalue weighted by molar-refractivity contribution is 9.10. The molecule has 0 saturated heterocycles. The molecule has 0 radical (unpaired) electrons. The molecule has 1 heterocycles. The maximum Gasteiger partial charge on any atom is 0.150 e. The van der Waals surface area contributed by atoms with E-state index >= 15 is 0 Å². The van der Waals surface area contributed by atoms with Crippen molar-refractivity contribution in [2.75, 3.05) is 0 Å². The Hall–Kier alpha value is -1.27. The van der Waals surface area contributed by atoms with Gasteiger partial charge in [-0.05, 0) is 40.9 Å². The minimum absolute atomic E-state index is 0.317. The Kier molecular flexibility index (Phi) is 3.13. The number of aromatic nitrogens is 3. The molecule has 4 nitrogen and oxygen atoms in total. The quantitative estimate of drug-likeness (QED) is 0.943. The van der Waals surface area contributed by atoms with E-state index in [0.29, 0.717) is 22.7 Å².